The van der Waals surface area contributed by atoms with Gasteiger partial charge in [0.05, 0.1) is 22.1 Å². The molecule has 1 N–H and O–H groups in total. The van der Waals surface area contributed by atoms with Crippen LogP contribution < -0.4 is 5.32 Å². The van der Waals surface area contributed by atoms with E-state index in [1.54, 1.807) is 30.3 Å². The van der Waals surface area contributed by atoms with Crippen molar-refractivity contribution < 1.29 is 4.79 Å². The normalized spacial score (nSPS) is 11.3. The van der Waals surface area contributed by atoms with Crippen LogP contribution in [0.3, 0.4) is 0 Å². The van der Waals surface area contributed by atoms with Crippen LogP contribution in [0.5, 0.6) is 0 Å². The minimum atomic E-state index is -0.405. The van der Waals surface area contributed by atoms with Gasteiger partial charge in [0, 0.05) is 5.69 Å². The van der Waals surface area contributed by atoms with E-state index in [1.807, 2.05) is 13.0 Å². The number of para-hydroxylation sites is 1. The number of unbranched alkanes of at least 4 members (excludes halogenated alkanes) is 1. The molecule has 2 rings (SSSR count). The van der Waals surface area contributed by atoms with Gasteiger partial charge in [0.25, 0.3) is 0 Å². The summed E-state index contributed by atoms with van der Waals surface area (Å²) in [5.74, 6) is -0.199. The first-order valence-corrected chi connectivity index (χ1v) is 9.87. The summed E-state index contributed by atoms with van der Waals surface area (Å²) < 4.78 is 0. The van der Waals surface area contributed by atoms with E-state index < -0.39 is 5.25 Å². The van der Waals surface area contributed by atoms with Crippen molar-refractivity contribution >= 4 is 23.4 Å². The summed E-state index contributed by atoms with van der Waals surface area (Å²) in [6.45, 7) is 4.04. The van der Waals surface area contributed by atoms with Crippen LogP contribution in [0, 0.1) is 22.7 Å². The summed E-state index contributed by atoms with van der Waals surface area (Å²) in [4.78, 5) is 17.3. The first-order valence-electron chi connectivity index (χ1n) is 8.99. The molecular weight excluding hydrogens is 356 g/mol. The molecule has 5 nitrogen and oxygen atoms in total. The number of nitriles is 2. The first kappa shape index (κ1) is 20.5. The van der Waals surface area contributed by atoms with Gasteiger partial charge in [-0.15, -0.1) is 0 Å². The zero-order valence-corrected chi connectivity index (χ0v) is 16.3. The van der Waals surface area contributed by atoms with Gasteiger partial charge in [-0.25, -0.2) is 4.98 Å². The molecule has 0 saturated carbocycles. The number of nitrogens with zero attached hydrogens (tertiary/aromatic N) is 3. The minimum absolute atomic E-state index is 0.199. The van der Waals surface area contributed by atoms with Gasteiger partial charge in [0.2, 0.25) is 5.91 Å². The van der Waals surface area contributed by atoms with Crippen molar-refractivity contribution in [1.29, 1.82) is 10.5 Å². The van der Waals surface area contributed by atoms with Gasteiger partial charge in [-0.2, -0.15) is 10.5 Å². The number of hydrogen-bond donors (Lipinski definition) is 1. The molecule has 1 amide bonds. The molecule has 6 heteroatoms. The average Bonchev–Trinajstić information content (AvgIpc) is 2.70. The molecule has 0 aliphatic carbocycles. The highest BCUT2D eigenvalue weighted by molar-refractivity contribution is 8.00. The molecule has 1 atom stereocenters. The maximum absolute atomic E-state index is 12.7. The number of benzene rings is 1. The highest BCUT2D eigenvalue weighted by Crippen LogP contribution is 2.28. The third-order valence-electron chi connectivity index (χ3n) is 4.05. The molecule has 1 unspecified atom stereocenters. The van der Waals surface area contributed by atoms with E-state index in [1.165, 1.54) is 11.8 Å². The van der Waals surface area contributed by atoms with Crippen molar-refractivity contribution in [3.63, 3.8) is 0 Å². The number of hydrogen-bond acceptors (Lipinski definition) is 5. The van der Waals surface area contributed by atoms with Crippen LogP contribution in [0.4, 0.5) is 5.69 Å². The van der Waals surface area contributed by atoms with Crippen molar-refractivity contribution in [2.45, 2.75) is 49.8 Å². The van der Waals surface area contributed by atoms with Crippen molar-refractivity contribution in [3.8, 4) is 12.1 Å². The molecule has 2 aromatic rings. The number of amides is 1. The summed E-state index contributed by atoms with van der Waals surface area (Å²) in [5, 5.41) is 21.6. The van der Waals surface area contributed by atoms with E-state index in [0.29, 0.717) is 28.3 Å². The summed E-state index contributed by atoms with van der Waals surface area (Å²) in [5.41, 5.74) is 2.32. The average molecular weight is 379 g/mol. The fraction of sp³-hybridized carbons (Fsp3) is 0.333. The van der Waals surface area contributed by atoms with E-state index in [4.69, 9.17) is 0 Å². The third-order valence-corrected chi connectivity index (χ3v) is 5.41. The van der Waals surface area contributed by atoms with E-state index in [-0.39, 0.29) is 5.91 Å². The van der Waals surface area contributed by atoms with Crippen molar-refractivity contribution in [3.05, 3.63) is 53.2 Å². The Kier molecular flexibility index (Phi) is 7.85. The third kappa shape index (κ3) is 5.57. The number of anilines is 1. The molecule has 0 aliphatic rings. The largest absolute Gasteiger partial charge is 0.324 e. The summed E-state index contributed by atoms with van der Waals surface area (Å²) in [6.07, 6.45) is 3.54. The minimum Gasteiger partial charge on any atom is -0.324 e. The highest BCUT2D eigenvalue weighted by Gasteiger charge is 2.21. The van der Waals surface area contributed by atoms with E-state index in [9.17, 15) is 15.3 Å². The maximum Gasteiger partial charge on any atom is 0.237 e. The van der Waals surface area contributed by atoms with Crippen molar-refractivity contribution in [2.24, 2.45) is 0 Å². The molecule has 0 saturated heterocycles. The van der Waals surface area contributed by atoms with Gasteiger partial charge in [-0.05, 0) is 43.5 Å². The molecule has 138 valence electrons. The topological polar surface area (TPSA) is 89.6 Å². The van der Waals surface area contributed by atoms with Gasteiger partial charge in [-0.1, -0.05) is 44.2 Å². The monoisotopic (exact) mass is 378 g/mol. The Hall–Kier alpha value is -2.83. The van der Waals surface area contributed by atoms with E-state index in [0.717, 1.165) is 25.0 Å². The second kappa shape index (κ2) is 10.4. The quantitative estimate of drug-likeness (QED) is 0.674. The molecular formula is C21H22N4OS. The van der Waals surface area contributed by atoms with Crippen LogP contribution in [-0.2, 0) is 11.2 Å². The molecule has 1 heterocycles. The van der Waals surface area contributed by atoms with Crippen LogP contribution in [-0.4, -0.2) is 16.1 Å². The van der Waals surface area contributed by atoms with Gasteiger partial charge in [0.1, 0.15) is 17.2 Å². The Morgan fingerprint density at radius 2 is 1.89 bits per heavy atom. The van der Waals surface area contributed by atoms with Gasteiger partial charge in [-0.3, -0.25) is 4.79 Å². The summed E-state index contributed by atoms with van der Waals surface area (Å²) in [6, 6.07) is 14.8. The maximum atomic E-state index is 12.7. The van der Waals surface area contributed by atoms with Crippen molar-refractivity contribution in [1.82, 2.24) is 4.98 Å². The van der Waals surface area contributed by atoms with Gasteiger partial charge in [0.15, 0.2) is 0 Å². The number of pyridine rings is 1. The zero-order chi connectivity index (χ0) is 19.6. The zero-order valence-electron chi connectivity index (χ0n) is 15.5. The Morgan fingerprint density at radius 3 is 2.56 bits per heavy atom. The SMILES string of the molecule is CCCCc1ccc(C#N)c(SC(CC)C(=O)Nc2ccccc2C#N)n1. The van der Waals surface area contributed by atoms with Crippen LogP contribution in [0.2, 0.25) is 0 Å². The molecule has 0 bridgehead atoms. The highest BCUT2D eigenvalue weighted by atomic mass is 32.2. The van der Waals surface area contributed by atoms with Crippen LogP contribution >= 0.6 is 11.8 Å². The second-order valence-electron chi connectivity index (χ2n) is 6.03. The van der Waals surface area contributed by atoms with Gasteiger partial charge >= 0.3 is 0 Å². The van der Waals surface area contributed by atoms with Crippen LogP contribution in [0.1, 0.15) is 49.9 Å². The Morgan fingerprint density at radius 1 is 1.15 bits per heavy atom. The summed E-state index contributed by atoms with van der Waals surface area (Å²) in [7, 11) is 0. The van der Waals surface area contributed by atoms with Crippen LogP contribution in [0.15, 0.2) is 41.4 Å². The first-order chi connectivity index (χ1) is 13.1. The molecule has 27 heavy (non-hydrogen) atoms. The molecule has 0 spiro atoms. The van der Waals surface area contributed by atoms with E-state index in [2.05, 4.69) is 29.4 Å². The lowest BCUT2D eigenvalue weighted by Crippen LogP contribution is -2.25. The lowest BCUT2D eigenvalue weighted by atomic mass is 10.2. The molecule has 1 aromatic carbocycles. The molecule has 0 radical (unpaired) electrons. The number of nitrogens with one attached hydrogen (secondary N) is 1. The standard InChI is InChI=1S/C21H22N4OS/c1-3-5-9-17-12-11-16(14-23)21(24-17)27-19(4-2)20(26)25-18-10-7-6-8-15(18)13-22/h6-8,10-12,19H,3-5,9H2,1-2H3,(H,25,26). The van der Waals surface area contributed by atoms with Crippen molar-refractivity contribution in [2.75, 3.05) is 5.32 Å². The smallest absolute Gasteiger partial charge is 0.237 e. The predicted octanol–water partition coefficient (Wildman–Crippen LogP) is 4.68. The summed E-state index contributed by atoms with van der Waals surface area (Å²) >= 11 is 1.30. The fourth-order valence-corrected chi connectivity index (χ4v) is 3.52. The van der Waals surface area contributed by atoms with Crippen LogP contribution in [0.25, 0.3) is 0 Å². The molecule has 0 aliphatic heterocycles. The number of carbonyl (C=O) groups excluding carboxylic acids is 1. The lowest BCUT2D eigenvalue weighted by molar-refractivity contribution is -0.115. The lowest BCUT2D eigenvalue weighted by Gasteiger charge is -2.16. The molecule has 0 fully saturated rings. The Balaban J connectivity index is 2.19. The number of thioether (sulfide) groups is 1. The Bertz CT molecular complexity index is 882. The fourth-order valence-electron chi connectivity index (χ4n) is 2.51. The molecule has 1 aromatic heterocycles. The Labute approximate surface area is 164 Å². The number of aromatic nitrogens is 1. The van der Waals surface area contributed by atoms with Gasteiger partial charge < -0.3 is 5.32 Å². The predicted molar refractivity (Wildman–Crippen MR) is 107 cm³/mol. The number of aryl methyl sites for hydroxylation is 1. The number of carbonyl (C=O) groups is 1. The van der Waals surface area contributed by atoms with E-state index >= 15 is 0 Å². The second-order valence-corrected chi connectivity index (χ2v) is 7.22. The number of rotatable bonds is 8.